The van der Waals surface area contributed by atoms with Crippen LogP contribution in [0.5, 0.6) is 0 Å². The molecule has 0 aromatic carbocycles. The van der Waals surface area contributed by atoms with Crippen LogP contribution in [-0.2, 0) is 0 Å². The first-order chi connectivity index (χ1) is 9.54. The molecule has 0 aliphatic carbocycles. The maximum absolute atomic E-state index is 4.74. The van der Waals surface area contributed by atoms with Crippen LogP contribution in [0.1, 0.15) is 13.8 Å². The van der Waals surface area contributed by atoms with Gasteiger partial charge in [-0.25, -0.2) is 0 Å². The van der Waals surface area contributed by atoms with E-state index in [2.05, 4.69) is 33.5 Å². The number of hydrogen-bond donors (Lipinski definition) is 1. The van der Waals surface area contributed by atoms with Crippen molar-refractivity contribution in [1.82, 2.24) is 9.88 Å². The molecule has 0 radical (unpaired) electrons. The van der Waals surface area contributed by atoms with Crippen molar-refractivity contribution in [3.05, 3.63) is 47.5 Å². The minimum atomic E-state index is 0.122. The van der Waals surface area contributed by atoms with Crippen LogP contribution >= 0.6 is 0 Å². The number of aliphatic imine (C=N–C) groups is 1. The summed E-state index contributed by atoms with van der Waals surface area (Å²) in [5.41, 5.74) is 5.50. The number of aromatic amines is 1. The second-order valence-electron chi connectivity index (χ2n) is 5.06. The zero-order chi connectivity index (χ0) is 14.7. The van der Waals surface area contributed by atoms with Crippen molar-refractivity contribution in [3.8, 4) is 0 Å². The highest BCUT2D eigenvalue weighted by Gasteiger charge is 2.20. The zero-order valence-corrected chi connectivity index (χ0v) is 12.8. The lowest BCUT2D eigenvalue weighted by Crippen LogP contribution is -2.29. The molecule has 0 spiro atoms. The number of nitrogens with zero attached hydrogens (tertiary/aromatic N) is 3. The molecule has 1 atom stereocenters. The topological polar surface area (TPSA) is 34.6 Å². The highest BCUT2D eigenvalue weighted by molar-refractivity contribution is 6.03. The molecule has 4 nitrogen and oxygen atoms in total. The minimum absolute atomic E-state index is 0.122. The summed E-state index contributed by atoms with van der Waals surface area (Å²) in [6.07, 6.45) is 6.02. The molecular formula is C16H22N4. The molecule has 1 aromatic rings. The van der Waals surface area contributed by atoms with E-state index in [0.717, 1.165) is 22.9 Å². The van der Waals surface area contributed by atoms with Gasteiger partial charge in [-0.15, -0.1) is 0 Å². The van der Waals surface area contributed by atoms with Gasteiger partial charge < -0.3 is 14.8 Å². The van der Waals surface area contributed by atoms with E-state index in [0.29, 0.717) is 0 Å². The van der Waals surface area contributed by atoms with Crippen LogP contribution in [0.15, 0.2) is 52.5 Å². The Balaban J connectivity index is 2.50. The van der Waals surface area contributed by atoms with Gasteiger partial charge in [-0.05, 0) is 32.1 Å². The van der Waals surface area contributed by atoms with Crippen LogP contribution < -0.4 is 4.90 Å². The van der Waals surface area contributed by atoms with Crippen LogP contribution in [0, 0.1) is 0 Å². The summed E-state index contributed by atoms with van der Waals surface area (Å²) < 4.78 is 0. The van der Waals surface area contributed by atoms with Crippen molar-refractivity contribution in [1.29, 1.82) is 0 Å². The van der Waals surface area contributed by atoms with E-state index in [9.17, 15) is 0 Å². The van der Waals surface area contributed by atoms with Gasteiger partial charge in [-0.3, -0.25) is 4.99 Å². The van der Waals surface area contributed by atoms with E-state index in [-0.39, 0.29) is 6.04 Å². The average molecular weight is 270 g/mol. The molecule has 1 aromatic heterocycles. The lowest BCUT2D eigenvalue weighted by Gasteiger charge is -2.25. The Bertz CT molecular complexity index is 584. The summed E-state index contributed by atoms with van der Waals surface area (Å²) in [5.74, 6) is 2.02. The standard InChI is InChI=1S/C16H22N4/c1-6-13-14(20(5)15-8-7-11-17-15)10-9-12(2)18-16(13)19(3)4/h6-9,11-12,17H,1-5H3/b13-6+. The predicted molar refractivity (Wildman–Crippen MR) is 85.1 cm³/mol. The van der Waals surface area contributed by atoms with Crippen molar-refractivity contribution >= 4 is 11.7 Å². The Labute approximate surface area is 120 Å². The first kappa shape index (κ1) is 14.2. The van der Waals surface area contributed by atoms with Gasteiger partial charge in [0.1, 0.15) is 11.7 Å². The predicted octanol–water partition coefficient (Wildman–Crippen LogP) is 2.80. The van der Waals surface area contributed by atoms with Gasteiger partial charge in [-0.1, -0.05) is 11.8 Å². The van der Waals surface area contributed by atoms with Crippen molar-refractivity contribution in [2.24, 2.45) is 4.99 Å². The van der Waals surface area contributed by atoms with E-state index in [1.165, 1.54) is 0 Å². The molecule has 106 valence electrons. The van der Waals surface area contributed by atoms with Gasteiger partial charge in [0, 0.05) is 32.9 Å². The minimum Gasteiger partial charge on any atom is -0.362 e. The number of rotatable bonds is 2. The third-order valence-corrected chi connectivity index (χ3v) is 3.27. The third-order valence-electron chi connectivity index (χ3n) is 3.27. The maximum Gasteiger partial charge on any atom is 0.133 e. The van der Waals surface area contributed by atoms with Crippen LogP contribution in [0.25, 0.3) is 0 Å². The van der Waals surface area contributed by atoms with Crippen LogP contribution in [0.2, 0.25) is 0 Å². The fraction of sp³-hybridized carbons (Fsp3) is 0.375. The highest BCUT2D eigenvalue weighted by Crippen LogP contribution is 2.23. The molecule has 2 rings (SSSR count). The molecular weight excluding hydrogens is 248 g/mol. The van der Waals surface area contributed by atoms with Crippen LogP contribution in [0.3, 0.4) is 0 Å². The Hall–Kier alpha value is -2.19. The van der Waals surface area contributed by atoms with Gasteiger partial charge in [0.15, 0.2) is 0 Å². The van der Waals surface area contributed by atoms with Crippen molar-refractivity contribution in [2.75, 3.05) is 26.0 Å². The molecule has 2 heterocycles. The molecule has 4 heteroatoms. The Morgan fingerprint density at radius 2 is 2.10 bits per heavy atom. The summed E-state index contributed by atoms with van der Waals surface area (Å²) in [7, 11) is 6.08. The number of likely N-dealkylation sites (N-methyl/N-ethyl adjacent to an activating group) is 2. The molecule has 0 saturated carbocycles. The summed E-state index contributed by atoms with van der Waals surface area (Å²) in [5, 5.41) is 0. The second-order valence-corrected chi connectivity index (χ2v) is 5.06. The van der Waals surface area contributed by atoms with Crippen molar-refractivity contribution in [3.63, 3.8) is 0 Å². The molecule has 1 N–H and O–H groups in total. The largest absolute Gasteiger partial charge is 0.362 e. The first-order valence-electron chi connectivity index (χ1n) is 6.80. The monoisotopic (exact) mass is 270 g/mol. The highest BCUT2D eigenvalue weighted by atomic mass is 15.2. The lowest BCUT2D eigenvalue weighted by molar-refractivity contribution is 0.615. The van der Waals surface area contributed by atoms with E-state index >= 15 is 0 Å². The summed E-state index contributed by atoms with van der Waals surface area (Å²) in [4.78, 5) is 12.1. The number of nitrogens with one attached hydrogen (secondary N) is 1. The van der Waals surface area contributed by atoms with Gasteiger partial charge >= 0.3 is 0 Å². The molecule has 0 amide bonds. The number of hydrogen-bond acceptors (Lipinski definition) is 3. The number of H-pyrrole nitrogens is 1. The smallest absolute Gasteiger partial charge is 0.133 e. The lowest BCUT2D eigenvalue weighted by atomic mass is 10.1. The number of amidine groups is 1. The number of anilines is 1. The van der Waals surface area contributed by atoms with Gasteiger partial charge in [0.25, 0.3) is 0 Å². The SMILES string of the molecule is C/C=C1\C(N(C)c2ccc[nH]2)=C=CC(C)N=C1N(C)C. The van der Waals surface area contributed by atoms with E-state index in [1.54, 1.807) is 0 Å². The van der Waals surface area contributed by atoms with Gasteiger partial charge in [0.2, 0.25) is 0 Å². The van der Waals surface area contributed by atoms with E-state index < -0.39 is 0 Å². The summed E-state index contributed by atoms with van der Waals surface area (Å²) in [6, 6.07) is 4.16. The summed E-state index contributed by atoms with van der Waals surface area (Å²) >= 11 is 0. The van der Waals surface area contributed by atoms with Crippen LogP contribution in [-0.4, -0.2) is 42.9 Å². The molecule has 1 aliphatic heterocycles. The van der Waals surface area contributed by atoms with Gasteiger partial charge in [-0.2, -0.15) is 0 Å². The Morgan fingerprint density at radius 3 is 2.65 bits per heavy atom. The number of allylic oxidation sites excluding steroid dienone is 1. The molecule has 1 aliphatic rings. The molecule has 0 fully saturated rings. The van der Waals surface area contributed by atoms with Gasteiger partial charge in [0.05, 0.1) is 11.7 Å². The van der Waals surface area contributed by atoms with Crippen molar-refractivity contribution in [2.45, 2.75) is 19.9 Å². The zero-order valence-electron chi connectivity index (χ0n) is 12.8. The quantitative estimate of drug-likeness (QED) is 0.839. The third kappa shape index (κ3) is 2.70. The normalized spacial score (nSPS) is 20.4. The van der Waals surface area contributed by atoms with Crippen LogP contribution in [0.4, 0.5) is 5.82 Å². The second kappa shape index (κ2) is 5.85. The fourth-order valence-electron chi connectivity index (χ4n) is 2.23. The maximum atomic E-state index is 4.74. The number of aromatic nitrogens is 1. The molecule has 0 saturated heterocycles. The first-order valence-corrected chi connectivity index (χ1v) is 6.80. The Kier molecular flexibility index (Phi) is 4.16. The molecule has 0 bridgehead atoms. The van der Waals surface area contributed by atoms with E-state index in [4.69, 9.17) is 4.99 Å². The average Bonchev–Trinajstić information content (AvgIpc) is 2.88. The van der Waals surface area contributed by atoms with Crippen molar-refractivity contribution < 1.29 is 0 Å². The Morgan fingerprint density at radius 1 is 1.35 bits per heavy atom. The van der Waals surface area contributed by atoms with E-state index in [1.807, 2.05) is 52.5 Å². The summed E-state index contributed by atoms with van der Waals surface area (Å²) in [6.45, 7) is 4.11. The molecule has 20 heavy (non-hydrogen) atoms. The molecule has 1 unspecified atom stereocenters. The fourth-order valence-corrected chi connectivity index (χ4v) is 2.23.